The predicted octanol–water partition coefficient (Wildman–Crippen LogP) is 4.08. The standard InChI is InChI=1S/C20H27N3/c1-15(17-8-4-3-5-9-17)22-13-12-18(14-22)23-16(2)21-19-10-6-7-11-20(19)23/h3-5,8-9,15,18H,6-7,10-14H2,1-2H3/t15-,18+/m1/s1. The molecule has 23 heavy (non-hydrogen) atoms. The molecule has 1 aromatic heterocycles. The van der Waals surface area contributed by atoms with E-state index in [1.807, 2.05) is 0 Å². The Morgan fingerprint density at radius 3 is 2.74 bits per heavy atom. The molecule has 3 nitrogen and oxygen atoms in total. The highest BCUT2D eigenvalue weighted by atomic mass is 15.2. The van der Waals surface area contributed by atoms with Crippen LogP contribution in [0.4, 0.5) is 0 Å². The second kappa shape index (κ2) is 6.12. The van der Waals surface area contributed by atoms with Crippen LogP contribution in [-0.4, -0.2) is 27.5 Å². The molecule has 2 heterocycles. The molecule has 1 aromatic carbocycles. The van der Waals surface area contributed by atoms with Gasteiger partial charge < -0.3 is 4.57 Å². The SMILES string of the molecule is Cc1nc2c(n1[C@H]1CCN([C@H](C)c3ccccc3)C1)CCCC2. The van der Waals surface area contributed by atoms with Gasteiger partial charge in [-0.15, -0.1) is 0 Å². The number of imidazole rings is 1. The van der Waals surface area contributed by atoms with E-state index in [1.165, 1.54) is 61.4 Å². The molecule has 1 aliphatic carbocycles. The molecule has 0 radical (unpaired) electrons. The summed E-state index contributed by atoms with van der Waals surface area (Å²) in [5, 5.41) is 0. The van der Waals surface area contributed by atoms with Crippen molar-refractivity contribution < 1.29 is 0 Å². The first-order valence-corrected chi connectivity index (χ1v) is 9.09. The zero-order valence-electron chi connectivity index (χ0n) is 14.3. The second-order valence-electron chi connectivity index (χ2n) is 7.15. The predicted molar refractivity (Wildman–Crippen MR) is 93.7 cm³/mol. The van der Waals surface area contributed by atoms with E-state index in [-0.39, 0.29) is 0 Å². The van der Waals surface area contributed by atoms with Crippen molar-refractivity contribution >= 4 is 0 Å². The highest BCUT2D eigenvalue weighted by Crippen LogP contribution is 2.33. The molecule has 0 amide bonds. The maximum Gasteiger partial charge on any atom is 0.106 e. The van der Waals surface area contributed by atoms with Gasteiger partial charge >= 0.3 is 0 Å². The summed E-state index contributed by atoms with van der Waals surface area (Å²) in [5.41, 5.74) is 4.34. The van der Waals surface area contributed by atoms with Gasteiger partial charge in [-0.2, -0.15) is 0 Å². The molecule has 122 valence electrons. The van der Waals surface area contributed by atoms with Gasteiger partial charge in [0.05, 0.1) is 5.69 Å². The molecule has 2 atom stereocenters. The fourth-order valence-electron chi connectivity index (χ4n) is 4.46. The highest BCUT2D eigenvalue weighted by molar-refractivity contribution is 5.22. The number of hydrogen-bond acceptors (Lipinski definition) is 2. The zero-order chi connectivity index (χ0) is 15.8. The Morgan fingerprint density at radius 1 is 1.13 bits per heavy atom. The summed E-state index contributed by atoms with van der Waals surface area (Å²) >= 11 is 0. The molecule has 1 saturated heterocycles. The maximum atomic E-state index is 4.87. The maximum absolute atomic E-state index is 4.87. The van der Waals surface area contributed by atoms with E-state index in [1.54, 1.807) is 0 Å². The molecule has 2 aliphatic rings. The molecule has 1 aliphatic heterocycles. The minimum Gasteiger partial charge on any atom is -0.328 e. The van der Waals surface area contributed by atoms with Gasteiger partial charge in [-0.05, 0) is 51.5 Å². The van der Waals surface area contributed by atoms with Gasteiger partial charge in [0.1, 0.15) is 5.82 Å². The zero-order valence-corrected chi connectivity index (χ0v) is 14.3. The van der Waals surface area contributed by atoms with Crippen LogP contribution < -0.4 is 0 Å². The molecular formula is C20H27N3. The average molecular weight is 309 g/mol. The minimum absolute atomic E-state index is 0.501. The lowest BCUT2D eigenvalue weighted by molar-refractivity contribution is 0.251. The third-order valence-corrected chi connectivity index (χ3v) is 5.74. The molecular weight excluding hydrogens is 282 g/mol. The van der Waals surface area contributed by atoms with Crippen molar-refractivity contribution in [2.24, 2.45) is 0 Å². The Labute approximate surface area is 139 Å². The lowest BCUT2D eigenvalue weighted by Crippen LogP contribution is -2.26. The van der Waals surface area contributed by atoms with Gasteiger partial charge in [-0.1, -0.05) is 30.3 Å². The van der Waals surface area contributed by atoms with Crippen molar-refractivity contribution in [1.82, 2.24) is 14.5 Å². The van der Waals surface area contributed by atoms with E-state index in [2.05, 4.69) is 53.6 Å². The third kappa shape index (κ3) is 2.72. The number of fused-ring (bicyclic) bond motifs is 1. The monoisotopic (exact) mass is 309 g/mol. The van der Waals surface area contributed by atoms with E-state index < -0.39 is 0 Å². The normalized spacial score (nSPS) is 23.0. The second-order valence-corrected chi connectivity index (χ2v) is 7.15. The fourth-order valence-corrected chi connectivity index (χ4v) is 4.46. The number of hydrogen-bond donors (Lipinski definition) is 0. The van der Waals surface area contributed by atoms with Crippen LogP contribution in [0.5, 0.6) is 0 Å². The number of benzene rings is 1. The van der Waals surface area contributed by atoms with E-state index in [9.17, 15) is 0 Å². The number of rotatable bonds is 3. The van der Waals surface area contributed by atoms with E-state index >= 15 is 0 Å². The summed E-state index contributed by atoms with van der Waals surface area (Å²) in [6, 6.07) is 12.0. The Kier molecular flexibility index (Phi) is 3.98. The number of aryl methyl sites for hydroxylation is 2. The van der Waals surface area contributed by atoms with Crippen LogP contribution in [0.2, 0.25) is 0 Å². The molecule has 0 bridgehead atoms. The van der Waals surface area contributed by atoms with E-state index in [0.717, 1.165) is 6.54 Å². The first-order chi connectivity index (χ1) is 11.2. The molecule has 0 spiro atoms. The summed E-state index contributed by atoms with van der Waals surface area (Å²) in [7, 11) is 0. The molecule has 2 aromatic rings. The van der Waals surface area contributed by atoms with Crippen LogP contribution in [0.3, 0.4) is 0 Å². The quantitative estimate of drug-likeness (QED) is 0.852. The average Bonchev–Trinajstić information content (AvgIpc) is 3.18. The van der Waals surface area contributed by atoms with Crippen LogP contribution >= 0.6 is 0 Å². The lowest BCUT2D eigenvalue weighted by atomic mass is 10.0. The first kappa shape index (κ1) is 14.9. The summed E-state index contributed by atoms with van der Waals surface area (Å²) in [6.45, 7) is 6.88. The topological polar surface area (TPSA) is 21.1 Å². The summed E-state index contributed by atoms with van der Waals surface area (Å²) in [5.74, 6) is 1.23. The molecule has 0 unspecified atom stereocenters. The van der Waals surface area contributed by atoms with Crippen molar-refractivity contribution in [3.63, 3.8) is 0 Å². The van der Waals surface area contributed by atoms with Crippen molar-refractivity contribution in [1.29, 1.82) is 0 Å². The number of likely N-dealkylation sites (tertiary alicyclic amines) is 1. The summed E-state index contributed by atoms with van der Waals surface area (Å²) in [4.78, 5) is 7.50. The van der Waals surface area contributed by atoms with Crippen LogP contribution in [0, 0.1) is 6.92 Å². The molecule has 3 heteroatoms. The first-order valence-electron chi connectivity index (χ1n) is 9.09. The van der Waals surface area contributed by atoms with Gasteiger partial charge in [-0.3, -0.25) is 4.90 Å². The van der Waals surface area contributed by atoms with Gasteiger partial charge in [0.15, 0.2) is 0 Å². The smallest absolute Gasteiger partial charge is 0.106 e. The Balaban J connectivity index is 1.54. The minimum atomic E-state index is 0.501. The number of aromatic nitrogens is 2. The number of nitrogens with zero attached hydrogens (tertiary/aromatic N) is 3. The van der Waals surface area contributed by atoms with Crippen molar-refractivity contribution in [3.05, 3.63) is 53.1 Å². The van der Waals surface area contributed by atoms with Gasteiger partial charge in [0, 0.05) is 30.9 Å². The molecule has 0 N–H and O–H groups in total. The van der Waals surface area contributed by atoms with E-state index in [0.29, 0.717) is 12.1 Å². The Hall–Kier alpha value is -1.61. The van der Waals surface area contributed by atoms with Crippen LogP contribution in [0.15, 0.2) is 30.3 Å². The Bertz CT molecular complexity index is 674. The highest BCUT2D eigenvalue weighted by Gasteiger charge is 2.31. The van der Waals surface area contributed by atoms with Crippen molar-refractivity contribution in [2.75, 3.05) is 13.1 Å². The fraction of sp³-hybridized carbons (Fsp3) is 0.550. The molecule has 1 fully saturated rings. The van der Waals surface area contributed by atoms with E-state index in [4.69, 9.17) is 4.98 Å². The van der Waals surface area contributed by atoms with Gasteiger partial charge in [0.2, 0.25) is 0 Å². The lowest BCUT2D eigenvalue weighted by Gasteiger charge is -2.26. The van der Waals surface area contributed by atoms with Crippen LogP contribution in [-0.2, 0) is 12.8 Å². The van der Waals surface area contributed by atoms with Crippen LogP contribution in [0.25, 0.3) is 0 Å². The van der Waals surface area contributed by atoms with Gasteiger partial charge in [-0.25, -0.2) is 4.98 Å². The van der Waals surface area contributed by atoms with Crippen molar-refractivity contribution in [3.8, 4) is 0 Å². The molecule has 4 rings (SSSR count). The largest absolute Gasteiger partial charge is 0.328 e. The van der Waals surface area contributed by atoms with Crippen LogP contribution in [0.1, 0.15) is 61.0 Å². The Morgan fingerprint density at radius 2 is 1.91 bits per heavy atom. The summed E-state index contributed by atoms with van der Waals surface area (Å²) < 4.78 is 2.58. The van der Waals surface area contributed by atoms with Crippen molar-refractivity contribution in [2.45, 2.75) is 58.0 Å². The molecule has 0 saturated carbocycles. The summed E-state index contributed by atoms with van der Waals surface area (Å²) in [6.07, 6.45) is 6.29. The van der Waals surface area contributed by atoms with Gasteiger partial charge in [0.25, 0.3) is 0 Å². The third-order valence-electron chi connectivity index (χ3n) is 5.74.